The molecule has 21 heavy (non-hydrogen) atoms. The molecule has 5 heteroatoms. The molecule has 1 aliphatic rings. The lowest BCUT2D eigenvalue weighted by Gasteiger charge is -2.23. The average molecular weight is 307 g/mol. The van der Waals surface area contributed by atoms with E-state index in [1.54, 1.807) is 0 Å². The molecule has 0 unspecified atom stereocenters. The molecule has 4 nitrogen and oxygen atoms in total. The number of thioether (sulfide) groups is 1. The minimum Gasteiger partial charge on any atom is -0.378 e. The van der Waals surface area contributed by atoms with E-state index in [9.17, 15) is 4.79 Å². The molecule has 1 fully saturated rings. The number of anilines is 1. The van der Waals surface area contributed by atoms with Gasteiger partial charge in [0.15, 0.2) is 0 Å². The van der Waals surface area contributed by atoms with Gasteiger partial charge in [0.25, 0.3) is 5.91 Å². The van der Waals surface area contributed by atoms with Gasteiger partial charge >= 0.3 is 0 Å². The molecule has 1 aliphatic heterocycles. The number of benzene rings is 1. The molecule has 0 radical (unpaired) electrons. The molecule has 0 spiro atoms. The van der Waals surface area contributed by atoms with E-state index in [0.29, 0.717) is 11.3 Å². The third-order valence-electron chi connectivity index (χ3n) is 4.12. The summed E-state index contributed by atoms with van der Waals surface area (Å²) >= 11 is 1.85. The SMILES string of the molecule is CS[C@@H]1CN(C(=O)c2ccc(N(C)C)cc2)C[C@H]1N(C)C. The highest BCUT2D eigenvalue weighted by Crippen LogP contribution is 2.25. The number of nitrogens with zero attached hydrogens (tertiary/aromatic N) is 3. The molecular formula is C16H25N3OS. The molecule has 0 aromatic heterocycles. The van der Waals surface area contributed by atoms with E-state index < -0.39 is 0 Å². The molecule has 1 amide bonds. The highest BCUT2D eigenvalue weighted by atomic mass is 32.2. The van der Waals surface area contributed by atoms with E-state index in [1.807, 2.05) is 59.9 Å². The largest absolute Gasteiger partial charge is 0.378 e. The quantitative estimate of drug-likeness (QED) is 0.848. The molecule has 1 heterocycles. The van der Waals surface area contributed by atoms with Gasteiger partial charge < -0.3 is 14.7 Å². The van der Waals surface area contributed by atoms with Gasteiger partial charge in [-0.15, -0.1) is 0 Å². The molecule has 1 aromatic rings. The van der Waals surface area contributed by atoms with Crippen LogP contribution in [0, 0.1) is 0 Å². The molecule has 0 bridgehead atoms. The summed E-state index contributed by atoms with van der Waals surface area (Å²) in [5.41, 5.74) is 1.89. The van der Waals surface area contributed by atoms with Crippen LogP contribution >= 0.6 is 11.8 Å². The first-order valence-corrected chi connectivity index (χ1v) is 8.48. The van der Waals surface area contributed by atoms with Gasteiger partial charge in [0.2, 0.25) is 0 Å². The van der Waals surface area contributed by atoms with Crippen molar-refractivity contribution in [2.24, 2.45) is 0 Å². The predicted molar refractivity (Wildman–Crippen MR) is 91.5 cm³/mol. The molecule has 1 saturated heterocycles. The average Bonchev–Trinajstić information content (AvgIpc) is 2.91. The number of hydrogen-bond acceptors (Lipinski definition) is 4. The fourth-order valence-electron chi connectivity index (χ4n) is 2.73. The molecule has 2 atom stereocenters. The first kappa shape index (κ1) is 16.2. The standard InChI is InChI=1S/C16H25N3OS/c1-17(2)13-8-6-12(7-9-13)16(20)19-10-14(18(3)4)15(11-19)21-5/h6-9,14-15H,10-11H2,1-5H3/t14-,15-/m1/s1. The zero-order valence-corrected chi connectivity index (χ0v) is 14.4. The first-order chi connectivity index (χ1) is 9.93. The minimum absolute atomic E-state index is 0.142. The predicted octanol–water partition coefficient (Wildman–Crippen LogP) is 1.87. The Kier molecular flexibility index (Phi) is 5.17. The zero-order chi connectivity index (χ0) is 15.6. The summed E-state index contributed by atoms with van der Waals surface area (Å²) in [5.74, 6) is 0.142. The number of likely N-dealkylation sites (tertiary alicyclic amines) is 1. The molecule has 2 rings (SSSR count). The number of carbonyl (C=O) groups excluding carboxylic acids is 1. The van der Waals surface area contributed by atoms with E-state index in [4.69, 9.17) is 0 Å². The van der Waals surface area contributed by atoms with E-state index in [2.05, 4.69) is 25.3 Å². The highest BCUT2D eigenvalue weighted by Gasteiger charge is 2.36. The smallest absolute Gasteiger partial charge is 0.253 e. The Morgan fingerprint density at radius 3 is 2.19 bits per heavy atom. The fourth-order valence-corrected chi connectivity index (χ4v) is 3.71. The third-order valence-corrected chi connectivity index (χ3v) is 5.19. The number of rotatable bonds is 4. The van der Waals surface area contributed by atoms with Crippen molar-refractivity contribution >= 4 is 23.4 Å². The van der Waals surface area contributed by atoms with Crippen LogP contribution in [0.1, 0.15) is 10.4 Å². The Bertz CT molecular complexity index is 487. The lowest BCUT2D eigenvalue weighted by molar-refractivity contribution is 0.0783. The second-order valence-corrected chi connectivity index (χ2v) is 7.03. The number of hydrogen-bond donors (Lipinski definition) is 0. The summed E-state index contributed by atoms with van der Waals surface area (Å²) in [6.07, 6.45) is 2.13. The van der Waals surface area contributed by atoms with Crippen molar-refractivity contribution in [3.8, 4) is 0 Å². The number of likely N-dealkylation sites (N-methyl/N-ethyl adjacent to an activating group) is 1. The molecular weight excluding hydrogens is 282 g/mol. The summed E-state index contributed by atoms with van der Waals surface area (Å²) in [6, 6.07) is 8.28. The Morgan fingerprint density at radius 2 is 1.76 bits per heavy atom. The molecule has 1 aromatic carbocycles. The van der Waals surface area contributed by atoms with Crippen molar-refractivity contribution in [1.29, 1.82) is 0 Å². The molecule has 116 valence electrons. The van der Waals surface area contributed by atoms with Gasteiger partial charge in [-0.2, -0.15) is 11.8 Å². The topological polar surface area (TPSA) is 26.8 Å². The van der Waals surface area contributed by atoms with Gasteiger partial charge in [-0.1, -0.05) is 0 Å². The van der Waals surface area contributed by atoms with Crippen LogP contribution in [0.5, 0.6) is 0 Å². The van der Waals surface area contributed by atoms with Crippen LogP contribution in [0.15, 0.2) is 24.3 Å². The minimum atomic E-state index is 0.142. The molecule has 0 saturated carbocycles. The van der Waals surface area contributed by atoms with Crippen LogP contribution < -0.4 is 4.90 Å². The zero-order valence-electron chi connectivity index (χ0n) is 13.5. The van der Waals surface area contributed by atoms with Crippen LogP contribution in [-0.4, -0.2) is 74.5 Å². The maximum absolute atomic E-state index is 12.6. The van der Waals surface area contributed by atoms with E-state index in [-0.39, 0.29) is 5.91 Å². The second kappa shape index (κ2) is 6.71. The van der Waals surface area contributed by atoms with Crippen LogP contribution in [-0.2, 0) is 0 Å². The maximum Gasteiger partial charge on any atom is 0.253 e. The van der Waals surface area contributed by atoms with Gasteiger partial charge in [-0.3, -0.25) is 4.79 Å². The number of amides is 1. The molecule has 0 N–H and O–H groups in total. The Labute approximate surface area is 132 Å². The summed E-state index contributed by atoms with van der Waals surface area (Å²) < 4.78 is 0. The van der Waals surface area contributed by atoms with Crippen molar-refractivity contribution < 1.29 is 4.79 Å². The summed E-state index contributed by atoms with van der Waals surface area (Å²) in [5, 5.41) is 0.491. The van der Waals surface area contributed by atoms with Gasteiger partial charge in [0.05, 0.1) is 0 Å². The highest BCUT2D eigenvalue weighted by molar-refractivity contribution is 7.99. The van der Waals surface area contributed by atoms with Crippen molar-refractivity contribution in [3.05, 3.63) is 29.8 Å². The molecule has 0 aliphatic carbocycles. The fraction of sp³-hybridized carbons (Fsp3) is 0.562. The Hall–Kier alpha value is -1.20. The van der Waals surface area contributed by atoms with E-state index in [0.717, 1.165) is 24.3 Å². The maximum atomic E-state index is 12.6. The van der Waals surface area contributed by atoms with Gasteiger partial charge in [-0.25, -0.2) is 0 Å². The Morgan fingerprint density at radius 1 is 1.14 bits per heavy atom. The number of carbonyl (C=O) groups is 1. The normalized spacial score (nSPS) is 21.9. The summed E-state index contributed by atoms with van der Waals surface area (Å²) in [6.45, 7) is 1.64. The van der Waals surface area contributed by atoms with Crippen molar-refractivity contribution in [2.75, 3.05) is 52.4 Å². The van der Waals surface area contributed by atoms with E-state index >= 15 is 0 Å². The van der Waals surface area contributed by atoms with E-state index in [1.165, 1.54) is 0 Å². The summed E-state index contributed by atoms with van der Waals surface area (Å²) in [4.78, 5) is 18.9. The van der Waals surface area contributed by atoms with Crippen LogP contribution in [0.4, 0.5) is 5.69 Å². The first-order valence-electron chi connectivity index (χ1n) is 7.20. The second-order valence-electron chi connectivity index (χ2n) is 5.96. The van der Waals surface area contributed by atoms with Crippen LogP contribution in [0.2, 0.25) is 0 Å². The Balaban J connectivity index is 2.10. The third kappa shape index (κ3) is 3.52. The lowest BCUT2D eigenvalue weighted by Crippen LogP contribution is -2.37. The van der Waals surface area contributed by atoms with Crippen LogP contribution in [0.3, 0.4) is 0 Å². The van der Waals surface area contributed by atoms with Crippen molar-refractivity contribution in [1.82, 2.24) is 9.80 Å². The van der Waals surface area contributed by atoms with Crippen molar-refractivity contribution in [3.63, 3.8) is 0 Å². The van der Waals surface area contributed by atoms with Crippen molar-refractivity contribution in [2.45, 2.75) is 11.3 Å². The van der Waals surface area contributed by atoms with Crippen LogP contribution in [0.25, 0.3) is 0 Å². The van der Waals surface area contributed by atoms with Gasteiger partial charge in [0, 0.05) is 49.7 Å². The lowest BCUT2D eigenvalue weighted by atomic mass is 10.2. The monoisotopic (exact) mass is 307 g/mol. The van der Waals surface area contributed by atoms with Gasteiger partial charge in [-0.05, 0) is 44.6 Å². The van der Waals surface area contributed by atoms with Gasteiger partial charge in [0.1, 0.15) is 0 Å². The summed E-state index contributed by atoms with van der Waals surface area (Å²) in [7, 11) is 8.19.